The Morgan fingerprint density at radius 3 is 2.76 bits per heavy atom. The molecule has 1 heterocycles. The lowest BCUT2D eigenvalue weighted by molar-refractivity contribution is -0.129. The SMILES string of the molecule is COC1CCN(C(=O)Cc2ccc(Br)cc2)C1. The number of rotatable bonds is 3. The average Bonchev–Trinajstić information content (AvgIpc) is 2.81. The van der Waals surface area contributed by atoms with E-state index in [1.54, 1.807) is 7.11 Å². The molecule has 0 aliphatic carbocycles. The van der Waals surface area contributed by atoms with Gasteiger partial charge in [0.25, 0.3) is 0 Å². The molecule has 1 amide bonds. The zero-order valence-corrected chi connectivity index (χ0v) is 11.4. The number of carbonyl (C=O) groups is 1. The second kappa shape index (κ2) is 5.65. The molecule has 1 atom stereocenters. The van der Waals surface area contributed by atoms with Gasteiger partial charge < -0.3 is 9.64 Å². The van der Waals surface area contributed by atoms with Crippen molar-refractivity contribution in [1.82, 2.24) is 4.90 Å². The Balaban J connectivity index is 1.91. The van der Waals surface area contributed by atoms with E-state index < -0.39 is 0 Å². The molecule has 1 fully saturated rings. The van der Waals surface area contributed by atoms with E-state index in [9.17, 15) is 4.79 Å². The molecule has 1 aliphatic rings. The van der Waals surface area contributed by atoms with Gasteiger partial charge in [0.2, 0.25) is 5.91 Å². The van der Waals surface area contributed by atoms with Gasteiger partial charge >= 0.3 is 0 Å². The van der Waals surface area contributed by atoms with Crippen molar-refractivity contribution < 1.29 is 9.53 Å². The average molecular weight is 298 g/mol. The number of hydrogen-bond donors (Lipinski definition) is 0. The maximum absolute atomic E-state index is 12.0. The predicted molar refractivity (Wildman–Crippen MR) is 69.8 cm³/mol. The molecule has 0 radical (unpaired) electrons. The monoisotopic (exact) mass is 297 g/mol. The molecule has 1 aromatic carbocycles. The van der Waals surface area contributed by atoms with Gasteiger partial charge in [0.05, 0.1) is 12.5 Å². The summed E-state index contributed by atoms with van der Waals surface area (Å²) in [6.45, 7) is 1.54. The van der Waals surface area contributed by atoms with Crippen LogP contribution < -0.4 is 0 Å². The maximum Gasteiger partial charge on any atom is 0.227 e. The number of likely N-dealkylation sites (tertiary alicyclic amines) is 1. The highest BCUT2D eigenvalue weighted by Gasteiger charge is 2.25. The van der Waals surface area contributed by atoms with Crippen LogP contribution in [-0.4, -0.2) is 37.1 Å². The first-order chi connectivity index (χ1) is 8.19. The van der Waals surface area contributed by atoms with Crippen LogP contribution in [0.4, 0.5) is 0 Å². The summed E-state index contributed by atoms with van der Waals surface area (Å²) in [4.78, 5) is 13.9. The molecule has 0 saturated carbocycles. The van der Waals surface area contributed by atoms with Crippen LogP contribution in [-0.2, 0) is 16.0 Å². The number of benzene rings is 1. The first-order valence-corrected chi connectivity index (χ1v) is 6.53. The highest BCUT2D eigenvalue weighted by Crippen LogP contribution is 2.15. The van der Waals surface area contributed by atoms with Crippen molar-refractivity contribution >= 4 is 21.8 Å². The van der Waals surface area contributed by atoms with Crippen molar-refractivity contribution in [3.63, 3.8) is 0 Å². The minimum atomic E-state index is 0.187. The second-order valence-electron chi connectivity index (χ2n) is 4.29. The fourth-order valence-corrected chi connectivity index (χ4v) is 2.30. The van der Waals surface area contributed by atoms with Gasteiger partial charge in [0.15, 0.2) is 0 Å². The first-order valence-electron chi connectivity index (χ1n) is 5.74. The van der Waals surface area contributed by atoms with Crippen LogP contribution >= 0.6 is 15.9 Å². The van der Waals surface area contributed by atoms with Crippen molar-refractivity contribution in [2.45, 2.75) is 18.9 Å². The summed E-state index contributed by atoms with van der Waals surface area (Å²) < 4.78 is 6.29. The molecular formula is C13H16BrNO2. The van der Waals surface area contributed by atoms with E-state index in [-0.39, 0.29) is 12.0 Å². The standard InChI is InChI=1S/C13H16BrNO2/c1-17-12-6-7-15(9-12)13(16)8-10-2-4-11(14)5-3-10/h2-5,12H,6-9H2,1H3. The smallest absolute Gasteiger partial charge is 0.227 e. The van der Waals surface area contributed by atoms with E-state index >= 15 is 0 Å². The van der Waals surface area contributed by atoms with E-state index in [0.717, 1.165) is 29.5 Å². The molecule has 1 aliphatic heterocycles. The van der Waals surface area contributed by atoms with E-state index in [0.29, 0.717) is 6.42 Å². The summed E-state index contributed by atoms with van der Waals surface area (Å²) in [5.41, 5.74) is 1.05. The third-order valence-corrected chi connectivity index (χ3v) is 3.63. The summed E-state index contributed by atoms with van der Waals surface area (Å²) in [6, 6.07) is 7.88. The summed E-state index contributed by atoms with van der Waals surface area (Å²) >= 11 is 3.38. The van der Waals surface area contributed by atoms with E-state index in [1.807, 2.05) is 29.2 Å². The molecule has 1 saturated heterocycles. The lowest BCUT2D eigenvalue weighted by Crippen LogP contribution is -2.31. The zero-order valence-electron chi connectivity index (χ0n) is 9.86. The van der Waals surface area contributed by atoms with Gasteiger partial charge in [-0.15, -0.1) is 0 Å². The van der Waals surface area contributed by atoms with Gasteiger partial charge in [-0.1, -0.05) is 28.1 Å². The Morgan fingerprint density at radius 2 is 2.18 bits per heavy atom. The normalized spacial score (nSPS) is 19.6. The minimum Gasteiger partial charge on any atom is -0.380 e. The molecule has 92 valence electrons. The van der Waals surface area contributed by atoms with E-state index in [2.05, 4.69) is 15.9 Å². The van der Waals surface area contributed by atoms with Crippen molar-refractivity contribution in [2.75, 3.05) is 20.2 Å². The van der Waals surface area contributed by atoms with Gasteiger partial charge in [0.1, 0.15) is 0 Å². The van der Waals surface area contributed by atoms with E-state index in [1.165, 1.54) is 0 Å². The van der Waals surface area contributed by atoms with Crippen molar-refractivity contribution in [3.8, 4) is 0 Å². The number of nitrogens with zero attached hydrogens (tertiary/aromatic N) is 1. The maximum atomic E-state index is 12.0. The van der Waals surface area contributed by atoms with Crippen LogP contribution in [0, 0.1) is 0 Å². The number of amides is 1. The number of halogens is 1. The van der Waals surface area contributed by atoms with Crippen LogP contribution in [0.15, 0.2) is 28.7 Å². The fourth-order valence-electron chi connectivity index (χ4n) is 2.04. The number of carbonyl (C=O) groups excluding carboxylic acids is 1. The quantitative estimate of drug-likeness (QED) is 0.856. The van der Waals surface area contributed by atoms with Gasteiger partial charge in [-0.25, -0.2) is 0 Å². The van der Waals surface area contributed by atoms with Crippen molar-refractivity contribution in [1.29, 1.82) is 0 Å². The molecule has 0 N–H and O–H groups in total. The van der Waals surface area contributed by atoms with Crippen molar-refractivity contribution in [3.05, 3.63) is 34.3 Å². The van der Waals surface area contributed by atoms with Crippen LogP contribution in [0.1, 0.15) is 12.0 Å². The summed E-state index contributed by atoms with van der Waals surface area (Å²) in [5.74, 6) is 0.187. The van der Waals surface area contributed by atoms with Crippen LogP contribution in [0.5, 0.6) is 0 Å². The molecule has 0 spiro atoms. The Hall–Kier alpha value is -0.870. The molecule has 0 aromatic heterocycles. The molecule has 17 heavy (non-hydrogen) atoms. The third-order valence-electron chi connectivity index (χ3n) is 3.10. The molecule has 2 rings (SSSR count). The molecule has 4 heteroatoms. The summed E-state index contributed by atoms with van der Waals surface area (Å²) in [7, 11) is 1.70. The summed E-state index contributed by atoms with van der Waals surface area (Å²) in [6.07, 6.45) is 1.63. The van der Waals surface area contributed by atoms with Gasteiger partial charge in [0, 0.05) is 24.7 Å². The van der Waals surface area contributed by atoms with Gasteiger partial charge in [-0.05, 0) is 24.1 Å². The number of methoxy groups -OCH3 is 1. The number of hydrogen-bond acceptors (Lipinski definition) is 2. The Morgan fingerprint density at radius 1 is 1.47 bits per heavy atom. The van der Waals surface area contributed by atoms with Crippen LogP contribution in [0.3, 0.4) is 0 Å². The zero-order chi connectivity index (χ0) is 12.3. The van der Waals surface area contributed by atoms with Gasteiger partial charge in [-0.3, -0.25) is 4.79 Å². The van der Waals surface area contributed by atoms with Crippen LogP contribution in [0.2, 0.25) is 0 Å². The van der Waals surface area contributed by atoms with E-state index in [4.69, 9.17) is 4.74 Å². The molecule has 0 bridgehead atoms. The fraction of sp³-hybridized carbons (Fsp3) is 0.462. The third kappa shape index (κ3) is 3.30. The molecule has 3 nitrogen and oxygen atoms in total. The number of ether oxygens (including phenoxy) is 1. The van der Waals surface area contributed by atoms with Crippen molar-refractivity contribution in [2.24, 2.45) is 0 Å². The lowest BCUT2D eigenvalue weighted by atomic mass is 10.1. The largest absolute Gasteiger partial charge is 0.380 e. The molecule has 1 aromatic rings. The topological polar surface area (TPSA) is 29.5 Å². The molecular weight excluding hydrogens is 282 g/mol. The van der Waals surface area contributed by atoms with Crippen LogP contribution in [0.25, 0.3) is 0 Å². The second-order valence-corrected chi connectivity index (χ2v) is 5.21. The predicted octanol–water partition coefficient (Wildman–Crippen LogP) is 2.24. The first kappa shape index (κ1) is 12.6. The molecule has 1 unspecified atom stereocenters. The highest BCUT2D eigenvalue weighted by molar-refractivity contribution is 9.10. The lowest BCUT2D eigenvalue weighted by Gasteiger charge is -2.16. The highest BCUT2D eigenvalue weighted by atomic mass is 79.9. The van der Waals surface area contributed by atoms with Gasteiger partial charge in [-0.2, -0.15) is 0 Å². The summed E-state index contributed by atoms with van der Waals surface area (Å²) in [5, 5.41) is 0. The Bertz CT molecular complexity index is 391. The Labute approximate surface area is 110 Å². The minimum absolute atomic E-state index is 0.187. The Kier molecular flexibility index (Phi) is 4.18.